The van der Waals surface area contributed by atoms with Crippen LogP contribution >= 0.6 is 0 Å². The molecule has 0 bridgehead atoms. The van der Waals surface area contributed by atoms with Gasteiger partial charge in [-0.15, -0.1) is 0 Å². The van der Waals surface area contributed by atoms with Gasteiger partial charge in [-0.3, -0.25) is 4.72 Å². The molecule has 1 aliphatic carbocycles. The first kappa shape index (κ1) is 14.8. The third kappa shape index (κ3) is 2.78. The molecule has 22 heavy (non-hydrogen) atoms. The zero-order valence-electron chi connectivity index (χ0n) is 12.3. The van der Waals surface area contributed by atoms with Gasteiger partial charge in [0.25, 0.3) is 10.0 Å². The summed E-state index contributed by atoms with van der Waals surface area (Å²) in [6, 6.07) is 8.25. The quantitative estimate of drug-likeness (QED) is 0.943. The van der Waals surface area contributed by atoms with E-state index in [9.17, 15) is 13.2 Å². The summed E-state index contributed by atoms with van der Waals surface area (Å²) >= 11 is 0. The minimum atomic E-state index is -3.80. The second-order valence-corrected chi connectivity index (χ2v) is 7.12. The Hall–Kier alpha value is -2.08. The van der Waals surface area contributed by atoms with Crippen LogP contribution in [0.4, 0.5) is 5.69 Å². The van der Waals surface area contributed by atoms with Crippen LogP contribution in [-0.2, 0) is 22.9 Å². The maximum absolute atomic E-state index is 12.5. The van der Waals surface area contributed by atoms with E-state index in [-0.39, 0.29) is 10.6 Å². The number of sulfonamides is 1. The fourth-order valence-corrected chi connectivity index (χ4v) is 3.99. The van der Waals surface area contributed by atoms with Gasteiger partial charge in [0.1, 0.15) is 11.4 Å². The molecule has 6 heteroatoms. The molecule has 3 rings (SSSR count). The highest BCUT2D eigenvalue weighted by molar-refractivity contribution is 7.92. The minimum absolute atomic E-state index is 0.0242. The van der Waals surface area contributed by atoms with E-state index >= 15 is 0 Å². The van der Waals surface area contributed by atoms with E-state index in [4.69, 9.17) is 4.42 Å². The third-order valence-corrected chi connectivity index (χ3v) is 5.37. The molecule has 0 atom stereocenters. The summed E-state index contributed by atoms with van der Waals surface area (Å²) in [5, 5.41) is 0. The summed E-state index contributed by atoms with van der Waals surface area (Å²) in [4.78, 5) is 12.2. The van der Waals surface area contributed by atoms with Crippen molar-refractivity contribution in [3.63, 3.8) is 0 Å². The number of nitrogens with one attached hydrogen (secondary N) is 1. The Labute approximate surface area is 129 Å². The van der Waals surface area contributed by atoms with E-state index in [1.54, 1.807) is 31.2 Å². The molecule has 1 aromatic carbocycles. The van der Waals surface area contributed by atoms with Crippen molar-refractivity contribution in [1.29, 1.82) is 0 Å². The van der Waals surface area contributed by atoms with Crippen LogP contribution in [0.1, 0.15) is 29.7 Å². The van der Waals surface area contributed by atoms with E-state index < -0.39 is 15.6 Å². The molecule has 1 aliphatic rings. The summed E-state index contributed by atoms with van der Waals surface area (Å²) < 4.78 is 32.5. The topological polar surface area (TPSA) is 76.4 Å². The van der Waals surface area contributed by atoms with Crippen molar-refractivity contribution in [2.45, 2.75) is 37.5 Å². The van der Waals surface area contributed by atoms with Crippen LogP contribution in [0.2, 0.25) is 0 Å². The Morgan fingerprint density at radius 3 is 2.64 bits per heavy atom. The zero-order chi connectivity index (χ0) is 15.7. The summed E-state index contributed by atoms with van der Waals surface area (Å²) in [5.41, 5.74) is 0.868. The number of anilines is 1. The number of hydrogen-bond donors (Lipinski definition) is 1. The number of aryl methyl sites for hydroxylation is 3. The maximum Gasteiger partial charge on any atom is 0.360 e. The molecule has 0 aliphatic heterocycles. The molecule has 0 spiro atoms. The van der Waals surface area contributed by atoms with Gasteiger partial charge >= 0.3 is 5.63 Å². The van der Waals surface area contributed by atoms with Gasteiger partial charge in [0, 0.05) is 6.42 Å². The highest BCUT2D eigenvalue weighted by Crippen LogP contribution is 2.23. The highest BCUT2D eigenvalue weighted by Gasteiger charge is 2.21. The van der Waals surface area contributed by atoms with Gasteiger partial charge < -0.3 is 4.42 Å². The van der Waals surface area contributed by atoms with Gasteiger partial charge in [0.2, 0.25) is 0 Å². The molecule has 0 fully saturated rings. The first-order valence-corrected chi connectivity index (χ1v) is 8.70. The molecule has 2 aromatic rings. The Morgan fingerprint density at radius 1 is 1.14 bits per heavy atom. The molecule has 0 saturated carbocycles. The molecule has 0 saturated heterocycles. The van der Waals surface area contributed by atoms with Crippen molar-refractivity contribution < 1.29 is 12.8 Å². The predicted molar refractivity (Wildman–Crippen MR) is 83.6 cm³/mol. The van der Waals surface area contributed by atoms with Crippen molar-refractivity contribution in [2.75, 3.05) is 4.72 Å². The van der Waals surface area contributed by atoms with Crippen LogP contribution in [0.15, 0.2) is 44.4 Å². The van der Waals surface area contributed by atoms with Crippen LogP contribution in [0.25, 0.3) is 0 Å². The van der Waals surface area contributed by atoms with Crippen LogP contribution < -0.4 is 10.3 Å². The van der Waals surface area contributed by atoms with E-state index in [0.717, 1.165) is 31.2 Å². The van der Waals surface area contributed by atoms with Gasteiger partial charge in [-0.1, -0.05) is 18.2 Å². The molecule has 1 aromatic heterocycles. The number of benzene rings is 1. The molecule has 0 radical (unpaired) electrons. The Bertz CT molecular complexity index is 868. The van der Waals surface area contributed by atoms with E-state index in [1.165, 1.54) is 6.07 Å². The Balaban J connectivity index is 2.00. The van der Waals surface area contributed by atoms with E-state index in [2.05, 4.69) is 4.72 Å². The van der Waals surface area contributed by atoms with Crippen LogP contribution in [0, 0.1) is 6.92 Å². The fourth-order valence-electron chi connectivity index (χ4n) is 2.70. The van der Waals surface area contributed by atoms with Gasteiger partial charge in [0.15, 0.2) is 0 Å². The lowest BCUT2D eigenvalue weighted by atomic mass is 9.97. The van der Waals surface area contributed by atoms with Crippen molar-refractivity contribution in [3.8, 4) is 0 Å². The molecule has 0 unspecified atom stereocenters. The summed E-state index contributed by atoms with van der Waals surface area (Å²) in [7, 11) is -3.80. The number of rotatable bonds is 3. The van der Waals surface area contributed by atoms with E-state index in [1.807, 2.05) is 0 Å². The lowest BCUT2D eigenvalue weighted by Crippen LogP contribution is -2.21. The van der Waals surface area contributed by atoms with Gasteiger partial charge in [0.05, 0.1) is 4.90 Å². The summed E-state index contributed by atoms with van der Waals surface area (Å²) in [6.45, 7) is 1.71. The van der Waals surface area contributed by atoms with Gasteiger partial charge in [-0.05, 0) is 49.4 Å². The van der Waals surface area contributed by atoms with Gasteiger partial charge in [-0.25, -0.2) is 13.2 Å². The monoisotopic (exact) mass is 319 g/mol. The predicted octanol–water partition coefficient (Wildman–Crippen LogP) is 2.63. The minimum Gasteiger partial charge on any atom is -0.426 e. The first-order valence-electron chi connectivity index (χ1n) is 7.22. The average Bonchev–Trinajstić information content (AvgIpc) is 2.48. The van der Waals surface area contributed by atoms with Crippen LogP contribution in [-0.4, -0.2) is 8.42 Å². The summed E-state index contributed by atoms with van der Waals surface area (Å²) in [6.07, 6.45) is 3.54. The second-order valence-electron chi connectivity index (χ2n) is 5.47. The van der Waals surface area contributed by atoms with Crippen molar-refractivity contribution in [3.05, 3.63) is 57.6 Å². The normalized spacial score (nSPS) is 14.4. The van der Waals surface area contributed by atoms with Crippen molar-refractivity contribution in [1.82, 2.24) is 0 Å². The van der Waals surface area contributed by atoms with Crippen molar-refractivity contribution in [2.24, 2.45) is 0 Å². The summed E-state index contributed by atoms with van der Waals surface area (Å²) in [5.74, 6) is 0.676. The Morgan fingerprint density at radius 2 is 1.86 bits per heavy atom. The SMILES string of the molecule is Cc1ccccc1S(=O)(=O)Nc1cc2c(oc1=O)CCCC2. The standard InChI is InChI=1S/C16H17NO4S/c1-11-6-2-5-9-15(11)22(19,20)17-13-10-12-7-3-4-8-14(12)21-16(13)18/h2,5-6,9-10,17H,3-4,7-8H2,1H3. The average molecular weight is 319 g/mol. The number of hydrogen-bond acceptors (Lipinski definition) is 4. The van der Waals surface area contributed by atoms with E-state index in [0.29, 0.717) is 11.3 Å². The fraction of sp³-hybridized carbons (Fsp3) is 0.312. The maximum atomic E-state index is 12.5. The lowest BCUT2D eigenvalue weighted by molar-refractivity contribution is 0.430. The second kappa shape index (κ2) is 5.61. The lowest BCUT2D eigenvalue weighted by Gasteiger charge is -2.15. The Kier molecular flexibility index (Phi) is 3.78. The molecular weight excluding hydrogens is 302 g/mol. The van der Waals surface area contributed by atoms with Crippen molar-refractivity contribution >= 4 is 15.7 Å². The molecular formula is C16H17NO4S. The smallest absolute Gasteiger partial charge is 0.360 e. The highest BCUT2D eigenvalue weighted by atomic mass is 32.2. The van der Waals surface area contributed by atoms with Crippen LogP contribution in [0.5, 0.6) is 0 Å². The number of fused-ring (bicyclic) bond motifs is 1. The first-order chi connectivity index (χ1) is 10.5. The molecule has 116 valence electrons. The van der Waals surface area contributed by atoms with Gasteiger partial charge in [-0.2, -0.15) is 0 Å². The molecule has 5 nitrogen and oxygen atoms in total. The van der Waals surface area contributed by atoms with Crippen LogP contribution in [0.3, 0.4) is 0 Å². The molecule has 1 heterocycles. The third-order valence-electron chi connectivity index (χ3n) is 3.84. The largest absolute Gasteiger partial charge is 0.426 e. The molecule has 0 amide bonds. The zero-order valence-corrected chi connectivity index (χ0v) is 13.1. The molecule has 1 N–H and O–H groups in total.